The highest BCUT2D eigenvalue weighted by Crippen LogP contribution is 2.88. The third-order valence-corrected chi connectivity index (χ3v) is 11.1. The third-order valence-electron chi connectivity index (χ3n) is 11.1. The van der Waals surface area contributed by atoms with E-state index in [1.807, 2.05) is 0 Å². The Hall–Kier alpha value is -1.93. The van der Waals surface area contributed by atoms with Crippen molar-refractivity contribution in [2.75, 3.05) is 6.54 Å². The van der Waals surface area contributed by atoms with Crippen LogP contribution in [0.4, 0.5) is 0 Å². The molecule has 0 amide bonds. The highest BCUT2D eigenvalue weighted by atomic mass is 16.6. The Morgan fingerprint density at radius 3 is 2.32 bits per heavy atom. The molecule has 13 atom stereocenters. The number of piperidine rings is 2. The molecule has 9 bridgehead atoms. The van der Waals surface area contributed by atoms with Gasteiger partial charge in [0.2, 0.25) is 0 Å². The number of fused-ring (bicyclic) bond motifs is 1. The minimum absolute atomic E-state index is 0.0526. The number of ether oxygens (including phenoxy) is 3. The largest absolute Gasteiger partial charge is 0.463 e. The third kappa shape index (κ3) is 1.95. The fourth-order valence-electron chi connectivity index (χ4n) is 11.6. The van der Waals surface area contributed by atoms with Crippen LogP contribution in [0.2, 0.25) is 0 Å². The summed E-state index contributed by atoms with van der Waals surface area (Å²) in [7, 11) is 0. The Labute approximate surface area is 199 Å². The second-order valence-electron chi connectivity index (χ2n) is 12.7. The van der Waals surface area contributed by atoms with Crippen molar-refractivity contribution in [3.05, 3.63) is 12.2 Å². The van der Waals surface area contributed by atoms with Crippen molar-refractivity contribution >= 4 is 17.9 Å². The van der Waals surface area contributed by atoms with Crippen LogP contribution in [-0.2, 0) is 28.6 Å². The lowest BCUT2D eigenvalue weighted by Crippen LogP contribution is -2.77. The Bertz CT molecular complexity index is 1070. The second-order valence-corrected chi connectivity index (χ2v) is 12.7. The number of nitrogens with zero attached hydrogens (tertiary/aromatic N) is 1. The first-order valence-electron chi connectivity index (χ1n) is 12.6. The SMILES string of the molecule is C=C1CC23CC4C5C6(C)CC(OC(C)=O)CC57C2C(OC(C)=O)C1C(OC(C)=O)C3(O)C7N4C6. The van der Waals surface area contributed by atoms with Crippen LogP contribution in [0.3, 0.4) is 0 Å². The molecule has 13 unspecified atom stereocenters. The van der Waals surface area contributed by atoms with Crippen molar-refractivity contribution in [1.29, 1.82) is 0 Å². The minimum atomic E-state index is -1.25. The maximum absolute atomic E-state index is 12.8. The predicted molar refractivity (Wildman–Crippen MR) is 117 cm³/mol. The summed E-state index contributed by atoms with van der Waals surface area (Å²) in [4.78, 5) is 39.2. The van der Waals surface area contributed by atoms with E-state index in [1.165, 1.54) is 20.8 Å². The Morgan fingerprint density at radius 2 is 1.68 bits per heavy atom. The summed E-state index contributed by atoms with van der Waals surface area (Å²) in [5.74, 6) is -1.34. The molecule has 184 valence electrons. The molecule has 2 spiro atoms. The van der Waals surface area contributed by atoms with Gasteiger partial charge < -0.3 is 19.3 Å². The molecule has 9 aliphatic rings. The molecule has 9 rings (SSSR count). The van der Waals surface area contributed by atoms with Crippen LogP contribution in [0.5, 0.6) is 0 Å². The zero-order valence-electron chi connectivity index (χ0n) is 20.2. The molecule has 6 saturated carbocycles. The van der Waals surface area contributed by atoms with Crippen LogP contribution in [-0.4, -0.2) is 70.5 Å². The monoisotopic (exact) mass is 471 g/mol. The lowest BCUT2D eigenvalue weighted by atomic mass is 9.39. The molecule has 8 heteroatoms. The van der Waals surface area contributed by atoms with Crippen LogP contribution in [0.25, 0.3) is 0 Å². The molecule has 3 heterocycles. The fourth-order valence-corrected chi connectivity index (χ4v) is 11.6. The molecule has 3 aliphatic heterocycles. The van der Waals surface area contributed by atoms with Gasteiger partial charge in [-0.2, -0.15) is 0 Å². The van der Waals surface area contributed by atoms with Crippen LogP contribution in [0.15, 0.2) is 12.2 Å². The van der Waals surface area contributed by atoms with E-state index < -0.39 is 35.1 Å². The van der Waals surface area contributed by atoms with Gasteiger partial charge in [0, 0.05) is 56.1 Å². The van der Waals surface area contributed by atoms with E-state index in [1.54, 1.807) is 0 Å². The molecule has 1 N–H and O–H groups in total. The topological polar surface area (TPSA) is 102 Å². The van der Waals surface area contributed by atoms with Crippen LogP contribution < -0.4 is 0 Å². The summed E-state index contributed by atoms with van der Waals surface area (Å²) in [6.45, 7) is 11.7. The van der Waals surface area contributed by atoms with Crippen molar-refractivity contribution in [2.45, 2.75) is 89.4 Å². The standard InChI is InChI=1S/C26H33NO7/c1-11-6-24-9-16-19-23(5)7-15(32-12(2)28)8-25(19)20(24)18(33-13(3)29)17(11)21(34-14(4)30)26(24,31)22(25)27(16)10-23/h15-22,31H,1,6-10H2,2-5H3. The summed E-state index contributed by atoms with van der Waals surface area (Å²) in [5.41, 5.74) is -1.37. The normalized spacial score (nSPS) is 58.7. The first-order valence-corrected chi connectivity index (χ1v) is 12.6. The maximum Gasteiger partial charge on any atom is 0.303 e. The summed E-state index contributed by atoms with van der Waals surface area (Å²) in [6.07, 6.45) is 1.31. The average molecular weight is 472 g/mol. The number of hydrogen-bond acceptors (Lipinski definition) is 8. The number of carbonyl (C=O) groups is 3. The second kappa shape index (κ2) is 5.89. The van der Waals surface area contributed by atoms with Crippen molar-refractivity contribution < 1.29 is 33.7 Å². The van der Waals surface area contributed by atoms with Gasteiger partial charge in [-0.05, 0) is 37.0 Å². The highest BCUT2D eigenvalue weighted by Gasteiger charge is 2.96. The molecular formula is C26H33NO7. The molecule has 8 nitrogen and oxygen atoms in total. The first kappa shape index (κ1) is 21.4. The molecule has 0 aromatic rings. The van der Waals surface area contributed by atoms with Gasteiger partial charge in [0.05, 0.1) is 5.92 Å². The fraction of sp³-hybridized carbons (Fsp3) is 0.808. The molecule has 0 aromatic carbocycles. The van der Waals surface area contributed by atoms with Gasteiger partial charge in [0.25, 0.3) is 0 Å². The Morgan fingerprint density at radius 1 is 1.00 bits per heavy atom. The van der Waals surface area contributed by atoms with Crippen molar-refractivity contribution in [3.8, 4) is 0 Å². The molecule has 34 heavy (non-hydrogen) atoms. The Kier molecular flexibility index (Phi) is 3.70. The molecule has 0 aromatic heterocycles. The summed E-state index contributed by atoms with van der Waals surface area (Å²) < 4.78 is 17.9. The zero-order chi connectivity index (χ0) is 24.2. The number of esters is 3. The quantitative estimate of drug-likeness (QED) is 0.376. The van der Waals surface area contributed by atoms with Gasteiger partial charge in [-0.3, -0.25) is 19.3 Å². The van der Waals surface area contributed by atoms with E-state index in [2.05, 4.69) is 18.4 Å². The molecule has 3 saturated heterocycles. The summed E-state index contributed by atoms with van der Waals surface area (Å²) in [5, 5.41) is 12.8. The van der Waals surface area contributed by atoms with Crippen molar-refractivity contribution in [2.24, 2.45) is 34.0 Å². The van der Waals surface area contributed by atoms with E-state index in [9.17, 15) is 19.5 Å². The van der Waals surface area contributed by atoms with Gasteiger partial charge >= 0.3 is 17.9 Å². The smallest absolute Gasteiger partial charge is 0.303 e. The van der Waals surface area contributed by atoms with Gasteiger partial charge in [-0.25, -0.2) is 0 Å². The van der Waals surface area contributed by atoms with E-state index in [-0.39, 0.29) is 40.8 Å². The van der Waals surface area contributed by atoms with E-state index in [0.29, 0.717) is 24.8 Å². The molecule has 9 fully saturated rings. The number of rotatable bonds is 3. The zero-order valence-corrected chi connectivity index (χ0v) is 20.2. The van der Waals surface area contributed by atoms with E-state index >= 15 is 0 Å². The number of hydrogen-bond donors (Lipinski definition) is 1. The predicted octanol–water partition coefficient (Wildman–Crippen LogP) is 1.59. The van der Waals surface area contributed by atoms with E-state index in [4.69, 9.17) is 14.2 Å². The van der Waals surface area contributed by atoms with E-state index in [0.717, 1.165) is 25.0 Å². The lowest BCUT2D eigenvalue weighted by molar-refractivity contribution is -0.287. The number of aliphatic hydroxyl groups is 1. The highest BCUT2D eigenvalue weighted by molar-refractivity contribution is 5.68. The maximum atomic E-state index is 12.8. The van der Waals surface area contributed by atoms with Crippen LogP contribution in [0.1, 0.15) is 53.4 Å². The van der Waals surface area contributed by atoms with Crippen LogP contribution >= 0.6 is 0 Å². The molecule has 6 aliphatic carbocycles. The number of carbonyl (C=O) groups excluding carboxylic acids is 3. The van der Waals surface area contributed by atoms with Crippen molar-refractivity contribution in [3.63, 3.8) is 0 Å². The van der Waals surface area contributed by atoms with Crippen LogP contribution in [0, 0.1) is 34.0 Å². The summed E-state index contributed by atoms with van der Waals surface area (Å²) >= 11 is 0. The molecule has 0 radical (unpaired) electrons. The van der Waals surface area contributed by atoms with Gasteiger partial charge in [0.15, 0.2) is 0 Å². The Balaban J connectivity index is 1.48. The first-order chi connectivity index (χ1) is 15.9. The summed E-state index contributed by atoms with van der Waals surface area (Å²) in [6, 6.07) is 0.101. The average Bonchev–Trinajstić information content (AvgIpc) is 3.09. The minimum Gasteiger partial charge on any atom is -0.463 e. The van der Waals surface area contributed by atoms with Crippen molar-refractivity contribution in [1.82, 2.24) is 4.90 Å². The lowest BCUT2D eigenvalue weighted by Gasteiger charge is -2.68. The van der Waals surface area contributed by atoms with Gasteiger partial charge in [-0.15, -0.1) is 0 Å². The molecular weight excluding hydrogens is 438 g/mol. The van der Waals surface area contributed by atoms with Gasteiger partial charge in [0.1, 0.15) is 23.9 Å². The van der Waals surface area contributed by atoms with Gasteiger partial charge in [-0.1, -0.05) is 19.1 Å².